The number of para-hydroxylation sites is 1. The van der Waals surface area contributed by atoms with Crippen LogP contribution in [0.15, 0.2) is 48.8 Å². The van der Waals surface area contributed by atoms with Crippen LogP contribution in [0.2, 0.25) is 0 Å². The Morgan fingerprint density at radius 3 is 2.62 bits per heavy atom. The average Bonchev–Trinajstić information content (AvgIpc) is 2.98. The normalized spacial score (nSPS) is 16.8. The van der Waals surface area contributed by atoms with E-state index in [4.69, 9.17) is 14.2 Å². The fraction of sp³-hybridized carbons (Fsp3) is 0.276. The lowest BCUT2D eigenvalue weighted by molar-refractivity contribution is 0.0923. The summed E-state index contributed by atoms with van der Waals surface area (Å²) in [5, 5.41) is 3.10. The molecule has 4 heterocycles. The zero-order chi connectivity index (χ0) is 27.8. The number of amides is 1. The number of rotatable bonds is 5. The zero-order valence-electron chi connectivity index (χ0n) is 21.5. The van der Waals surface area contributed by atoms with Crippen molar-refractivity contribution in [3.8, 4) is 22.6 Å². The highest BCUT2D eigenvalue weighted by molar-refractivity contribution is 6.09. The van der Waals surface area contributed by atoms with E-state index >= 15 is 4.39 Å². The van der Waals surface area contributed by atoms with Crippen LogP contribution in [-0.2, 0) is 4.74 Å². The van der Waals surface area contributed by atoms with E-state index in [-0.39, 0.29) is 45.4 Å². The van der Waals surface area contributed by atoms with Crippen molar-refractivity contribution in [1.82, 2.24) is 15.3 Å². The van der Waals surface area contributed by atoms with Gasteiger partial charge in [-0.2, -0.15) is 0 Å². The Balaban J connectivity index is 1.51. The standard InChI is InChI=1S/C29H25F3N4O4/c1-38-23-15-34-27-26(24(23)18-12-16(30)13-20(31)25(18)32)33-14-19(28(27)36-7-10-39-11-8-36)29(37)35-21-6-9-40-22-5-3-2-4-17(21)22/h2-5,12-15,21H,6-11H2,1H3,(H,35,37)/t21-/m0/s1. The third-order valence-corrected chi connectivity index (χ3v) is 7.14. The fourth-order valence-electron chi connectivity index (χ4n) is 5.25. The summed E-state index contributed by atoms with van der Waals surface area (Å²) in [5.41, 5.74) is 1.67. The summed E-state index contributed by atoms with van der Waals surface area (Å²) >= 11 is 0. The van der Waals surface area contributed by atoms with Gasteiger partial charge in [0.05, 0.1) is 56.0 Å². The second kappa shape index (κ2) is 10.6. The summed E-state index contributed by atoms with van der Waals surface area (Å²) < 4.78 is 60.1. The van der Waals surface area contributed by atoms with Gasteiger partial charge in [0.1, 0.15) is 28.3 Å². The van der Waals surface area contributed by atoms with Crippen molar-refractivity contribution in [1.29, 1.82) is 0 Å². The Bertz CT molecular complexity index is 1610. The first-order valence-electron chi connectivity index (χ1n) is 12.8. The van der Waals surface area contributed by atoms with Crippen LogP contribution < -0.4 is 19.7 Å². The van der Waals surface area contributed by atoms with Gasteiger partial charge >= 0.3 is 0 Å². The van der Waals surface area contributed by atoms with Crippen LogP contribution in [-0.4, -0.2) is 55.9 Å². The van der Waals surface area contributed by atoms with Crippen LogP contribution in [0.3, 0.4) is 0 Å². The van der Waals surface area contributed by atoms with Gasteiger partial charge in [0.25, 0.3) is 5.91 Å². The number of hydrogen-bond acceptors (Lipinski definition) is 7. The third-order valence-electron chi connectivity index (χ3n) is 7.14. The van der Waals surface area contributed by atoms with Crippen LogP contribution in [0.1, 0.15) is 28.4 Å². The number of nitrogens with one attached hydrogen (secondary N) is 1. The molecule has 0 spiro atoms. The summed E-state index contributed by atoms with van der Waals surface area (Å²) in [6.45, 7) is 2.22. The second-order valence-electron chi connectivity index (χ2n) is 9.47. The summed E-state index contributed by atoms with van der Waals surface area (Å²) in [7, 11) is 1.34. The Labute approximate surface area is 227 Å². The Morgan fingerprint density at radius 2 is 1.82 bits per heavy atom. The van der Waals surface area contributed by atoms with Crippen molar-refractivity contribution < 1.29 is 32.2 Å². The van der Waals surface area contributed by atoms with E-state index in [0.29, 0.717) is 56.8 Å². The predicted molar refractivity (Wildman–Crippen MR) is 141 cm³/mol. The number of benzene rings is 2. The Morgan fingerprint density at radius 1 is 1.05 bits per heavy atom. The molecule has 206 valence electrons. The second-order valence-corrected chi connectivity index (χ2v) is 9.47. The van der Waals surface area contributed by atoms with Crippen molar-refractivity contribution in [2.24, 2.45) is 0 Å². The molecule has 0 saturated carbocycles. The molecule has 0 radical (unpaired) electrons. The molecule has 2 aliphatic rings. The molecule has 1 N–H and O–H groups in total. The number of carbonyl (C=O) groups is 1. The molecule has 6 rings (SSSR count). The highest BCUT2D eigenvalue weighted by Gasteiger charge is 2.29. The van der Waals surface area contributed by atoms with Gasteiger partial charge in [0.15, 0.2) is 11.6 Å². The summed E-state index contributed by atoms with van der Waals surface area (Å²) in [6, 6.07) is 8.60. The molecule has 4 aromatic rings. The van der Waals surface area contributed by atoms with Crippen molar-refractivity contribution >= 4 is 22.6 Å². The predicted octanol–water partition coefficient (Wildman–Crippen LogP) is 4.81. The zero-order valence-corrected chi connectivity index (χ0v) is 21.5. The van der Waals surface area contributed by atoms with E-state index in [1.165, 1.54) is 19.5 Å². The van der Waals surface area contributed by atoms with Crippen molar-refractivity contribution in [2.45, 2.75) is 12.5 Å². The van der Waals surface area contributed by atoms with E-state index < -0.39 is 17.5 Å². The van der Waals surface area contributed by atoms with E-state index in [1.54, 1.807) is 0 Å². The maximum atomic E-state index is 15.0. The topological polar surface area (TPSA) is 85.8 Å². The molecule has 1 fully saturated rings. The highest BCUT2D eigenvalue weighted by atomic mass is 19.2. The minimum atomic E-state index is -1.34. The lowest BCUT2D eigenvalue weighted by atomic mass is 9.99. The SMILES string of the molecule is COc1cnc2c(N3CCOCC3)c(C(=O)N[C@H]3CCOc4ccccc43)cnc2c1-c1cc(F)cc(F)c1F. The van der Waals surface area contributed by atoms with Gasteiger partial charge in [-0.25, -0.2) is 18.2 Å². The van der Waals surface area contributed by atoms with Gasteiger partial charge in [0.2, 0.25) is 0 Å². The molecule has 1 amide bonds. The molecular formula is C29H25F3N4O4. The Kier molecular flexibility index (Phi) is 6.89. The van der Waals surface area contributed by atoms with Crippen molar-refractivity contribution in [2.75, 3.05) is 44.9 Å². The summed E-state index contributed by atoms with van der Waals surface area (Å²) in [6.07, 6.45) is 3.30. The first kappa shape index (κ1) is 25.9. The lowest BCUT2D eigenvalue weighted by Crippen LogP contribution is -2.39. The molecule has 1 saturated heterocycles. The molecular weight excluding hydrogens is 525 g/mol. The number of nitrogens with zero attached hydrogens (tertiary/aromatic N) is 3. The van der Waals surface area contributed by atoms with Gasteiger partial charge in [-0.3, -0.25) is 9.78 Å². The molecule has 2 aliphatic heterocycles. The number of aromatic nitrogens is 2. The minimum absolute atomic E-state index is 0.0308. The Hall–Kier alpha value is -4.38. The van der Waals surface area contributed by atoms with Crippen LogP contribution in [0.25, 0.3) is 22.2 Å². The molecule has 11 heteroatoms. The van der Waals surface area contributed by atoms with Crippen LogP contribution >= 0.6 is 0 Å². The van der Waals surface area contributed by atoms with E-state index in [9.17, 15) is 13.6 Å². The monoisotopic (exact) mass is 550 g/mol. The molecule has 1 atom stereocenters. The number of carbonyl (C=O) groups excluding carboxylic acids is 1. The highest BCUT2D eigenvalue weighted by Crippen LogP contribution is 2.41. The number of methoxy groups -OCH3 is 1. The number of pyridine rings is 2. The number of hydrogen-bond donors (Lipinski definition) is 1. The van der Waals surface area contributed by atoms with Crippen LogP contribution in [0.4, 0.5) is 18.9 Å². The van der Waals surface area contributed by atoms with Gasteiger partial charge < -0.3 is 24.4 Å². The first-order valence-corrected chi connectivity index (χ1v) is 12.8. The van der Waals surface area contributed by atoms with Crippen LogP contribution in [0, 0.1) is 17.5 Å². The van der Waals surface area contributed by atoms with Gasteiger partial charge in [-0.15, -0.1) is 0 Å². The molecule has 40 heavy (non-hydrogen) atoms. The van der Waals surface area contributed by atoms with Crippen LogP contribution in [0.5, 0.6) is 11.5 Å². The maximum Gasteiger partial charge on any atom is 0.255 e. The van der Waals surface area contributed by atoms with Crippen molar-refractivity contribution in [3.63, 3.8) is 0 Å². The average molecular weight is 551 g/mol. The molecule has 0 unspecified atom stereocenters. The lowest BCUT2D eigenvalue weighted by Gasteiger charge is -2.32. The summed E-state index contributed by atoms with van der Waals surface area (Å²) in [4.78, 5) is 24.8. The number of morpholine rings is 1. The molecule has 2 aromatic carbocycles. The van der Waals surface area contributed by atoms with E-state index in [0.717, 1.165) is 11.6 Å². The van der Waals surface area contributed by atoms with E-state index in [2.05, 4.69) is 15.3 Å². The summed E-state index contributed by atoms with van der Waals surface area (Å²) in [5.74, 6) is -3.13. The largest absolute Gasteiger partial charge is 0.494 e. The smallest absolute Gasteiger partial charge is 0.255 e. The van der Waals surface area contributed by atoms with Gasteiger partial charge in [-0.1, -0.05) is 18.2 Å². The first-order chi connectivity index (χ1) is 19.5. The van der Waals surface area contributed by atoms with E-state index in [1.807, 2.05) is 29.2 Å². The molecule has 0 bridgehead atoms. The molecule has 8 nitrogen and oxygen atoms in total. The number of anilines is 1. The molecule has 2 aromatic heterocycles. The fourth-order valence-corrected chi connectivity index (χ4v) is 5.25. The maximum absolute atomic E-state index is 15.0. The number of fused-ring (bicyclic) bond motifs is 2. The quantitative estimate of drug-likeness (QED) is 0.357. The number of ether oxygens (including phenoxy) is 3. The van der Waals surface area contributed by atoms with Gasteiger partial charge in [-0.05, 0) is 12.1 Å². The third kappa shape index (κ3) is 4.56. The van der Waals surface area contributed by atoms with Gasteiger partial charge in [0, 0.05) is 42.9 Å². The molecule has 0 aliphatic carbocycles. The number of halogens is 3. The van der Waals surface area contributed by atoms with Crippen molar-refractivity contribution in [3.05, 3.63) is 77.4 Å². The minimum Gasteiger partial charge on any atom is -0.494 e.